The number of nitro benzene ring substituents is 1. The molecule has 1 heterocycles. The number of hydrogen-bond donors (Lipinski definition) is 0. The van der Waals surface area contributed by atoms with E-state index in [9.17, 15) is 14.9 Å². The lowest BCUT2D eigenvalue weighted by atomic mass is 10.2. The van der Waals surface area contributed by atoms with Gasteiger partial charge in [-0.15, -0.1) is 11.8 Å². The molecule has 0 aromatic heterocycles. The van der Waals surface area contributed by atoms with Gasteiger partial charge < -0.3 is 9.80 Å². The first-order chi connectivity index (χ1) is 12.9. The molecule has 1 fully saturated rings. The minimum absolute atomic E-state index is 0.0525. The highest BCUT2D eigenvalue weighted by atomic mass is 35.5. The SMILES string of the molecule is CC(Sc1ccc([N+](=O)[O-])cc1)C(=O)N1CCN(c2ccc(Cl)cc2)CC1. The van der Waals surface area contributed by atoms with Crippen molar-refractivity contribution < 1.29 is 9.72 Å². The Kier molecular flexibility index (Phi) is 6.23. The largest absolute Gasteiger partial charge is 0.368 e. The fourth-order valence-electron chi connectivity index (χ4n) is 3.00. The van der Waals surface area contributed by atoms with E-state index in [-0.39, 0.29) is 16.8 Å². The van der Waals surface area contributed by atoms with Crippen molar-refractivity contribution in [1.82, 2.24) is 4.90 Å². The zero-order valence-electron chi connectivity index (χ0n) is 14.9. The Labute approximate surface area is 167 Å². The van der Waals surface area contributed by atoms with E-state index in [4.69, 9.17) is 11.6 Å². The second-order valence-electron chi connectivity index (χ2n) is 6.30. The van der Waals surface area contributed by atoms with Crippen molar-refractivity contribution in [3.63, 3.8) is 0 Å². The van der Waals surface area contributed by atoms with Gasteiger partial charge in [-0.1, -0.05) is 11.6 Å². The highest BCUT2D eigenvalue weighted by Gasteiger charge is 2.25. The lowest BCUT2D eigenvalue weighted by Crippen LogP contribution is -2.50. The van der Waals surface area contributed by atoms with E-state index in [1.54, 1.807) is 12.1 Å². The number of piperazine rings is 1. The van der Waals surface area contributed by atoms with E-state index in [1.807, 2.05) is 36.1 Å². The topological polar surface area (TPSA) is 66.7 Å². The summed E-state index contributed by atoms with van der Waals surface area (Å²) in [5.41, 5.74) is 1.16. The Morgan fingerprint density at radius 3 is 2.22 bits per heavy atom. The number of benzene rings is 2. The number of rotatable bonds is 5. The molecule has 0 bridgehead atoms. The summed E-state index contributed by atoms with van der Waals surface area (Å²) < 4.78 is 0. The first kappa shape index (κ1) is 19.5. The molecule has 27 heavy (non-hydrogen) atoms. The Morgan fingerprint density at radius 1 is 1.07 bits per heavy atom. The van der Waals surface area contributed by atoms with Crippen LogP contribution in [0.3, 0.4) is 0 Å². The first-order valence-corrected chi connectivity index (χ1v) is 9.90. The van der Waals surface area contributed by atoms with Crippen molar-refractivity contribution in [2.75, 3.05) is 31.1 Å². The molecule has 0 spiro atoms. The van der Waals surface area contributed by atoms with Gasteiger partial charge in [0.15, 0.2) is 0 Å². The molecule has 8 heteroatoms. The Morgan fingerprint density at radius 2 is 1.67 bits per heavy atom. The van der Waals surface area contributed by atoms with Gasteiger partial charge in [0.1, 0.15) is 0 Å². The van der Waals surface area contributed by atoms with Crippen molar-refractivity contribution in [1.29, 1.82) is 0 Å². The third-order valence-electron chi connectivity index (χ3n) is 4.49. The maximum atomic E-state index is 12.7. The zero-order valence-corrected chi connectivity index (χ0v) is 16.4. The van der Waals surface area contributed by atoms with Gasteiger partial charge in [0.2, 0.25) is 5.91 Å². The average Bonchev–Trinajstić information content (AvgIpc) is 2.68. The molecular formula is C19H20ClN3O3S. The molecule has 6 nitrogen and oxygen atoms in total. The van der Waals surface area contributed by atoms with Gasteiger partial charge >= 0.3 is 0 Å². The van der Waals surface area contributed by atoms with Gasteiger partial charge in [0.05, 0.1) is 10.2 Å². The lowest BCUT2D eigenvalue weighted by Gasteiger charge is -2.37. The van der Waals surface area contributed by atoms with Gasteiger partial charge in [-0.25, -0.2) is 0 Å². The smallest absolute Gasteiger partial charge is 0.269 e. The summed E-state index contributed by atoms with van der Waals surface area (Å²) in [5.74, 6) is 0.0918. The monoisotopic (exact) mass is 405 g/mol. The second-order valence-corrected chi connectivity index (χ2v) is 8.15. The number of nitrogens with zero attached hydrogens (tertiary/aromatic N) is 3. The molecular weight excluding hydrogens is 386 g/mol. The van der Waals surface area contributed by atoms with Gasteiger partial charge in [0, 0.05) is 53.9 Å². The third-order valence-corrected chi connectivity index (χ3v) is 5.84. The van der Waals surface area contributed by atoms with Crippen LogP contribution in [0.5, 0.6) is 0 Å². The van der Waals surface area contributed by atoms with Crippen LogP contribution in [0, 0.1) is 10.1 Å². The zero-order chi connectivity index (χ0) is 19.4. The summed E-state index contributed by atoms with van der Waals surface area (Å²) in [6.45, 7) is 4.78. The molecule has 1 saturated heterocycles. The van der Waals surface area contributed by atoms with Crippen LogP contribution in [0.1, 0.15) is 6.92 Å². The first-order valence-electron chi connectivity index (χ1n) is 8.64. The van der Waals surface area contributed by atoms with Crippen LogP contribution in [0.25, 0.3) is 0 Å². The fraction of sp³-hybridized carbons (Fsp3) is 0.316. The molecule has 1 unspecified atom stereocenters. The van der Waals surface area contributed by atoms with E-state index in [0.717, 1.165) is 23.7 Å². The minimum Gasteiger partial charge on any atom is -0.368 e. The Hall–Kier alpha value is -2.25. The molecule has 142 valence electrons. The maximum absolute atomic E-state index is 12.7. The quantitative estimate of drug-likeness (QED) is 0.426. The summed E-state index contributed by atoms with van der Waals surface area (Å²) in [5, 5.41) is 11.2. The molecule has 0 radical (unpaired) electrons. The predicted octanol–water partition coefficient (Wildman–Crippen LogP) is 4.08. The van der Waals surface area contributed by atoms with Crippen LogP contribution in [0.2, 0.25) is 5.02 Å². The van der Waals surface area contributed by atoms with Crippen LogP contribution in [0.15, 0.2) is 53.4 Å². The van der Waals surface area contributed by atoms with Gasteiger partial charge in [-0.2, -0.15) is 0 Å². The number of amides is 1. The Balaban J connectivity index is 1.53. The van der Waals surface area contributed by atoms with E-state index >= 15 is 0 Å². The maximum Gasteiger partial charge on any atom is 0.269 e. The average molecular weight is 406 g/mol. The van der Waals surface area contributed by atoms with Crippen LogP contribution in [-0.2, 0) is 4.79 Å². The molecule has 1 amide bonds. The molecule has 3 rings (SSSR count). The highest BCUT2D eigenvalue weighted by Crippen LogP contribution is 2.27. The Bertz CT molecular complexity index is 806. The summed E-state index contributed by atoms with van der Waals surface area (Å²) in [7, 11) is 0. The predicted molar refractivity (Wildman–Crippen MR) is 109 cm³/mol. The van der Waals surface area contributed by atoms with Crippen LogP contribution < -0.4 is 4.90 Å². The molecule has 0 saturated carbocycles. The number of anilines is 1. The molecule has 1 aliphatic rings. The number of carbonyl (C=O) groups excluding carboxylic acids is 1. The molecule has 0 N–H and O–H groups in total. The summed E-state index contributed by atoms with van der Waals surface area (Å²) in [6, 6.07) is 14.0. The molecule has 0 aliphatic carbocycles. The van der Waals surface area contributed by atoms with Gasteiger partial charge in [0.25, 0.3) is 5.69 Å². The van der Waals surface area contributed by atoms with Crippen LogP contribution in [0.4, 0.5) is 11.4 Å². The number of thioether (sulfide) groups is 1. The fourth-order valence-corrected chi connectivity index (χ4v) is 4.07. The van der Waals surface area contributed by atoms with Crippen molar-refractivity contribution in [3.05, 3.63) is 63.7 Å². The molecule has 2 aromatic rings. The van der Waals surface area contributed by atoms with E-state index in [1.165, 1.54) is 23.9 Å². The van der Waals surface area contributed by atoms with E-state index < -0.39 is 4.92 Å². The highest BCUT2D eigenvalue weighted by molar-refractivity contribution is 8.00. The normalized spacial score (nSPS) is 15.5. The van der Waals surface area contributed by atoms with Crippen molar-refractivity contribution in [3.8, 4) is 0 Å². The summed E-state index contributed by atoms with van der Waals surface area (Å²) >= 11 is 7.36. The number of hydrogen-bond acceptors (Lipinski definition) is 5. The van der Waals surface area contributed by atoms with Gasteiger partial charge in [-0.05, 0) is 43.3 Å². The van der Waals surface area contributed by atoms with Crippen LogP contribution in [-0.4, -0.2) is 47.2 Å². The second kappa shape index (κ2) is 8.63. The van der Waals surface area contributed by atoms with Crippen molar-refractivity contribution in [2.24, 2.45) is 0 Å². The lowest BCUT2D eigenvalue weighted by molar-refractivity contribution is -0.384. The molecule has 1 atom stereocenters. The number of halogens is 1. The molecule has 2 aromatic carbocycles. The van der Waals surface area contributed by atoms with Crippen molar-refractivity contribution >= 4 is 40.6 Å². The standard InChI is InChI=1S/C19H20ClN3O3S/c1-14(27-18-8-6-17(7-9-18)23(25)26)19(24)22-12-10-21(11-13-22)16-4-2-15(20)3-5-16/h2-9,14H,10-13H2,1H3. The number of nitro groups is 1. The molecule has 1 aliphatic heterocycles. The van der Waals surface area contributed by atoms with Crippen molar-refractivity contribution in [2.45, 2.75) is 17.1 Å². The summed E-state index contributed by atoms with van der Waals surface area (Å²) in [4.78, 5) is 28.0. The number of carbonyl (C=O) groups is 1. The third kappa shape index (κ3) is 4.93. The number of non-ortho nitro benzene ring substituents is 1. The summed E-state index contributed by atoms with van der Waals surface area (Å²) in [6.07, 6.45) is 0. The van der Waals surface area contributed by atoms with Gasteiger partial charge in [-0.3, -0.25) is 14.9 Å². The van der Waals surface area contributed by atoms with E-state index in [2.05, 4.69) is 4.90 Å². The van der Waals surface area contributed by atoms with Crippen LogP contribution >= 0.6 is 23.4 Å². The van der Waals surface area contributed by atoms with E-state index in [0.29, 0.717) is 18.1 Å². The minimum atomic E-state index is -0.427.